The highest BCUT2D eigenvalue weighted by Gasteiger charge is 2.10. The van der Waals surface area contributed by atoms with Gasteiger partial charge in [0, 0.05) is 11.6 Å². The Balaban J connectivity index is 2.49. The summed E-state index contributed by atoms with van der Waals surface area (Å²) in [5.41, 5.74) is 1.72. The summed E-state index contributed by atoms with van der Waals surface area (Å²) in [6.45, 7) is 0. The molecular formula is C15H16O4. The Labute approximate surface area is 112 Å². The summed E-state index contributed by atoms with van der Waals surface area (Å²) in [4.78, 5) is 0. The fourth-order valence-electron chi connectivity index (χ4n) is 1.89. The molecule has 0 atom stereocenters. The van der Waals surface area contributed by atoms with Gasteiger partial charge >= 0.3 is 0 Å². The molecule has 0 amide bonds. The molecule has 0 saturated heterocycles. The van der Waals surface area contributed by atoms with Crippen LogP contribution in [0.2, 0.25) is 0 Å². The van der Waals surface area contributed by atoms with Crippen LogP contribution in [0.15, 0.2) is 36.4 Å². The molecule has 0 aliphatic carbocycles. The first-order valence-corrected chi connectivity index (χ1v) is 5.79. The summed E-state index contributed by atoms with van der Waals surface area (Å²) in [5.74, 6) is 1.94. The molecule has 19 heavy (non-hydrogen) atoms. The standard InChI is InChI=1S/C15H16O4/c1-17-11-5-6-12(15(9-11)19-3)10-4-7-14(18-2)13(16)8-10/h4-9,16H,1-3H3. The molecule has 0 aliphatic heterocycles. The van der Waals surface area contributed by atoms with Crippen LogP contribution in [0.4, 0.5) is 0 Å². The van der Waals surface area contributed by atoms with Crippen LogP contribution in [0.3, 0.4) is 0 Å². The number of aromatic hydroxyl groups is 1. The first-order valence-electron chi connectivity index (χ1n) is 5.79. The zero-order chi connectivity index (χ0) is 13.8. The van der Waals surface area contributed by atoms with Crippen LogP contribution in [0.5, 0.6) is 23.0 Å². The maximum absolute atomic E-state index is 9.83. The minimum atomic E-state index is 0.0953. The van der Waals surface area contributed by atoms with Gasteiger partial charge in [-0.2, -0.15) is 0 Å². The average Bonchev–Trinajstić information content (AvgIpc) is 2.46. The van der Waals surface area contributed by atoms with Crippen molar-refractivity contribution in [3.05, 3.63) is 36.4 Å². The lowest BCUT2D eigenvalue weighted by Gasteiger charge is -2.11. The molecule has 0 fully saturated rings. The Hall–Kier alpha value is -2.36. The number of rotatable bonds is 4. The molecule has 2 aromatic rings. The van der Waals surface area contributed by atoms with Crippen LogP contribution in [-0.4, -0.2) is 26.4 Å². The van der Waals surface area contributed by atoms with Crippen LogP contribution in [0.25, 0.3) is 11.1 Å². The molecule has 0 radical (unpaired) electrons. The third-order valence-corrected chi connectivity index (χ3v) is 2.90. The SMILES string of the molecule is COc1ccc(-c2ccc(OC)c(O)c2)c(OC)c1. The zero-order valence-electron chi connectivity index (χ0n) is 11.1. The zero-order valence-corrected chi connectivity index (χ0v) is 11.1. The van der Waals surface area contributed by atoms with E-state index in [4.69, 9.17) is 14.2 Å². The number of hydrogen-bond donors (Lipinski definition) is 1. The van der Waals surface area contributed by atoms with E-state index < -0.39 is 0 Å². The van der Waals surface area contributed by atoms with Gasteiger partial charge in [-0.25, -0.2) is 0 Å². The van der Waals surface area contributed by atoms with Gasteiger partial charge in [0.05, 0.1) is 21.3 Å². The summed E-state index contributed by atoms with van der Waals surface area (Å²) in [6.07, 6.45) is 0. The first kappa shape index (κ1) is 13.1. The Morgan fingerprint density at radius 3 is 2.11 bits per heavy atom. The largest absolute Gasteiger partial charge is 0.504 e. The minimum absolute atomic E-state index is 0.0953. The third kappa shape index (κ3) is 2.57. The molecule has 2 rings (SSSR count). The van der Waals surface area contributed by atoms with E-state index in [1.807, 2.05) is 18.2 Å². The molecular weight excluding hydrogens is 244 g/mol. The van der Waals surface area contributed by atoms with Crippen molar-refractivity contribution >= 4 is 0 Å². The summed E-state index contributed by atoms with van der Waals surface area (Å²) < 4.78 is 15.5. The second-order valence-electron chi connectivity index (χ2n) is 3.95. The van der Waals surface area contributed by atoms with Gasteiger partial charge in [-0.1, -0.05) is 6.07 Å². The van der Waals surface area contributed by atoms with E-state index >= 15 is 0 Å². The smallest absolute Gasteiger partial charge is 0.160 e. The lowest BCUT2D eigenvalue weighted by molar-refractivity contribution is 0.373. The van der Waals surface area contributed by atoms with Gasteiger partial charge in [0.1, 0.15) is 11.5 Å². The van der Waals surface area contributed by atoms with Crippen molar-refractivity contribution < 1.29 is 19.3 Å². The van der Waals surface area contributed by atoms with E-state index in [0.29, 0.717) is 11.5 Å². The number of phenolic OH excluding ortho intramolecular Hbond substituents is 1. The first-order chi connectivity index (χ1) is 9.19. The van der Waals surface area contributed by atoms with Crippen molar-refractivity contribution in [1.29, 1.82) is 0 Å². The van der Waals surface area contributed by atoms with E-state index in [-0.39, 0.29) is 5.75 Å². The molecule has 2 aromatic carbocycles. The van der Waals surface area contributed by atoms with Crippen molar-refractivity contribution in [2.24, 2.45) is 0 Å². The molecule has 0 spiro atoms. The van der Waals surface area contributed by atoms with Crippen molar-refractivity contribution in [2.75, 3.05) is 21.3 Å². The summed E-state index contributed by atoms with van der Waals surface area (Å²) in [6, 6.07) is 10.8. The van der Waals surface area contributed by atoms with Crippen molar-refractivity contribution in [2.45, 2.75) is 0 Å². The topological polar surface area (TPSA) is 47.9 Å². The van der Waals surface area contributed by atoms with Crippen LogP contribution >= 0.6 is 0 Å². The summed E-state index contributed by atoms with van der Waals surface area (Å²) >= 11 is 0. The molecule has 4 heteroatoms. The van der Waals surface area contributed by atoms with E-state index in [9.17, 15) is 5.11 Å². The van der Waals surface area contributed by atoms with Crippen molar-refractivity contribution in [3.63, 3.8) is 0 Å². The molecule has 0 bridgehead atoms. The average molecular weight is 260 g/mol. The fourth-order valence-corrected chi connectivity index (χ4v) is 1.89. The van der Waals surface area contributed by atoms with Gasteiger partial charge in [-0.3, -0.25) is 0 Å². The van der Waals surface area contributed by atoms with E-state index in [1.165, 1.54) is 7.11 Å². The quantitative estimate of drug-likeness (QED) is 0.917. The van der Waals surface area contributed by atoms with Crippen LogP contribution in [0.1, 0.15) is 0 Å². The Morgan fingerprint density at radius 2 is 1.53 bits per heavy atom. The molecule has 0 heterocycles. The normalized spacial score (nSPS) is 10.1. The van der Waals surface area contributed by atoms with Crippen molar-refractivity contribution in [1.82, 2.24) is 0 Å². The van der Waals surface area contributed by atoms with E-state index in [2.05, 4.69) is 0 Å². The predicted octanol–water partition coefficient (Wildman–Crippen LogP) is 3.09. The number of ether oxygens (including phenoxy) is 3. The number of hydrogen-bond acceptors (Lipinski definition) is 4. The van der Waals surface area contributed by atoms with Gasteiger partial charge in [0.25, 0.3) is 0 Å². The number of phenols is 1. The van der Waals surface area contributed by atoms with Gasteiger partial charge in [-0.05, 0) is 29.8 Å². The second-order valence-corrected chi connectivity index (χ2v) is 3.95. The Bertz CT molecular complexity index is 578. The van der Waals surface area contributed by atoms with E-state index in [1.54, 1.807) is 32.4 Å². The number of benzene rings is 2. The van der Waals surface area contributed by atoms with Gasteiger partial charge in [0.15, 0.2) is 11.5 Å². The van der Waals surface area contributed by atoms with Crippen LogP contribution < -0.4 is 14.2 Å². The van der Waals surface area contributed by atoms with Gasteiger partial charge < -0.3 is 19.3 Å². The Morgan fingerprint density at radius 1 is 0.789 bits per heavy atom. The minimum Gasteiger partial charge on any atom is -0.504 e. The summed E-state index contributed by atoms with van der Waals surface area (Å²) in [5, 5.41) is 9.83. The molecule has 0 aromatic heterocycles. The molecule has 0 aliphatic rings. The van der Waals surface area contributed by atoms with E-state index in [0.717, 1.165) is 16.9 Å². The molecule has 4 nitrogen and oxygen atoms in total. The third-order valence-electron chi connectivity index (χ3n) is 2.90. The van der Waals surface area contributed by atoms with Crippen LogP contribution in [-0.2, 0) is 0 Å². The van der Waals surface area contributed by atoms with Crippen LogP contribution in [0, 0.1) is 0 Å². The second kappa shape index (κ2) is 5.52. The highest BCUT2D eigenvalue weighted by molar-refractivity contribution is 5.73. The number of methoxy groups -OCH3 is 3. The molecule has 0 unspecified atom stereocenters. The fraction of sp³-hybridized carbons (Fsp3) is 0.200. The predicted molar refractivity (Wildman–Crippen MR) is 73.2 cm³/mol. The maximum Gasteiger partial charge on any atom is 0.160 e. The maximum atomic E-state index is 9.83. The Kier molecular flexibility index (Phi) is 3.80. The van der Waals surface area contributed by atoms with Crippen molar-refractivity contribution in [3.8, 4) is 34.1 Å². The highest BCUT2D eigenvalue weighted by atomic mass is 16.5. The lowest BCUT2D eigenvalue weighted by Crippen LogP contribution is -1.91. The molecule has 100 valence electrons. The molecule has 0 saturated carbocycles. The highest BCUT2D eigenvalue weighted by Crippen LogP contribution is 2.37. The van der Waals surface area contributed by atoms with Gasteiger partial charge in [0.2, 0.25) is 0 Å². The lowest BCUT2D eigenvalue weighted by atomic mass is 10.0. The molecule has 1 N–H and O–H groups in total. The van der Waals surface area contributed by atoms with Gasteiger partial charge in [-0.15, -0.1) is 0 Å². The monoisotopic (exact) mass is 260 g/mol. The summed E-state index contributed by atoms with van der Waals surface area (Å²) in [7, 11) is 4.72.